The van der Waals surface area contributed by atoms with E-state index in [1.165, 1.54) is 25.7 Å². The van der Waals surface area contributed by atoms with Crippen molar-refractivity contribution in [3.63, 3.8) is 0 Å². The summed E-state index contributed by atoms with van der Waals surface area (Å²) in [5.74, 6) is 1.06. The summed E-state index contributed by atoms with van der Waals surface area (Å²) in [4.78, 5) is 14.1. The lowest BCUT2D eigenvalue weighted by molar-refractivity contribution is -0.133. The molecule has 1 aliphatic heterocycles. The van der Waals surface area contributed by atoms with Crippen LogP contribution in [-0.4, -0.2) is 36.5 Å². The van der Waals surface area contributed by atoms with Crippen LogP contribution >= 0.6 is 0 Å². The third-order valence-corrected chi connectivity index (χ3v) is 3.83. The van der Waals surface area contributed by atoms with Gasteiger partial charge in [-0.25, -0.2) is 0 Å². The van der Waals surface area contributed by atoms with Crippen LogP contribution in [0.25, 0.3) is 0 Å². The van der Waals surface area contributed by atoms with Crippen molar-refractivity contribution in [2.45, 2.75) is 51.1 Å². The van der Waals surface area contributed by atoms with Gasteiger partial charge in [0.15, 0.2) is 0 Å². The summed E-state index contributed by atoms with van der Waals surface area (Å²) >= 11 is 0. The molecule has 2 atom stereocenters. The van der Waals surface area contributed by atoms with Crippen LogP contribution in [0.5, 0.6) is 0 Å². The van der Waals surface area contributed by atoms with Crippen LogP contribution in [-0.2, 0) is 4.79 Å². The maximum atomic E-state index is 12.1. The zero-order valence-electron chi connectivity index (χ0n) is 9.83. The first kappa shape index (κ1) is 10.9. The van der Waals surface area contributed by atoms with Gasteiger partial charge in [0.1, 0.15) is 0 Å². The molecule has 2 fully saturated rings. The summed E-state index contributed by atoms with van der Waals surface area (Å²) < 4.78 is 0. The van der Waals surface area contributed by atoms with E-state index in [0.717, 1.165) is 18.9 Å². The SMILES string of the molecule is CCC1CCNC(C(=O)N(C)C2CC2)C1. The lowest BCUT2D eigenvalue weighted by atomic mass is 9.90. The third kappa shape index (κ3) is 2.51. The van der Waals surface area contributed by atoms with Crippen molar-refractivity contribution in [3.8, 4) is 0 Å². The molecule has 1 saturated heterocycles. The van der Waals surface area contributed by atoms with Gasteiger partial charge >= 0.3 is 0 Å². The van der Waals surface area contributed by atoms with E-state index in [4.69, 9.17) is 0 Å². The minimum Gasteiger partial charge on any atom is -0.341 e. The second kappa shape index (κ2) is 4.52. The Morgan fingerprint density at radius 1 is 1.40 bits per heavy atom. The van der Waals surface area contributed by atoms with Gasteiger partial charge in [-0.05, 0) is 38.1 Å². The molecule has 1 N–H and O–H groups in total. The van der Waals surface area contributed by atoms with Crippen molar-refractivity contribution in [3.05, 3.63) is 0 Å². The van der Waals surface area contributed by atoms with Gasteiger partial charge in [0, 0.05) is 13.1 Å². The fourth-order valence-electron chi connectivity index (χ4n) is 2.44. The van der Waals surface area contributed by atoms with Gasteiger partial charge < -0.3 is 10.2 Å². The van der Waals surface area contributed by atoms with Gasteiger partial charge in [0.05, 0.1) is 6.04 Å². The summed E-state index contributed by atoms with van der Waals surface area (Å²) in [6.07, 6.45) is 5.87. The molecule has 15 heavy (non-hydrogen) atoms. The average molecular weight is 210 g/mol. The minimum atomic E-state index is 0.0919. The molecule has 0 aromatic heterocycles. The molecule has 0 aromatic carbocycles. The number of amides is 1. The van der Waals surface area contributed by atoms with E-state index in [9.17, 15) is 4.79 Å². The number of hydrogen-bond donors (Lipinski definition) is 1. The molecular weight excluding hydrogens is 188 g/mol. The van der Waals surface area contributed by atoms with Gasteiger partial charge in [-0.15, -0.1) is 0 Å². The Kier molecular flexibility index (Phi) is 3.29. The van der Waals surface area contributed by atoms with Crippen molar-refractivity contribution in [2.24, 2.45) is 5.92 Å². The lowest BCUT2D eigenvalue weighted by Gasteiger charge is -2.31. The van der Waals surface area contributed by atoms with Gasteiger partial charge in [0.25, 0.3) is 0 Å². The normalized spacial score (nSPS) is 31.3. The Morgan fingerprint density at radius 2 is 2.13 bits per heavy atom. The summed E-state index contributed by atoms with van der Waals surface area (Å²) in [5, 5.41) is 3.36. The summed E-state index contributed by atoms with van der Waals surface area (Å²) in [5.41, 5.74) is 0. The first-order valence-electron chi connectivity index (χ1n) is 6.22. The molecule has 1 amide bonds. The Bertz CT molecular complexity index is 238. The number of rotatable bonds is 3. The molecule has 3 heteroatoms. The van der Waals surface area contributed by atoms with Crippen LogP contribution in [0.3, 0.4) is 0 Å². The van der Waals surface area contributed by atoms with Gasteiger partial charge in [-0.3, -0.25) is 4.79 Å². The number of hydrogen-bond acceptors (Lipinski definition) is 2. The van der Waals surface area contributed by atoms with Crippen molar-refractivity contribution < 1.29 is 4.79 Å². The second-order valence-electron chi connectivity index (χ2n) is 4.99. The third-order valence-electron chi connectivity index (χ3n) is 3.83. The van der Waals surface area contributed by atoms with Gasteiger partial charge in [-0.1, -0.05) is 13.3 Å². The molecule has 3 nitrogen and oxygen atoms in total. The average Bonchev–Trinajstić information content (AvgIpc) is 3.11. The number of carbonyl (C=O) groups is 1. The molecule has 86 valence electrons. The van der Waals surface area contributed by atoms with Gasteiger partial charge in [0.2, 0.25) is 5.91 Å². The molecule has 0 radical (unpaired) electrons. The molecule has 2 unspecified atom stereocenters. The maximum absolute atomic E-state index is 12.1. The first-order valence-corrected chi connectivity index (χ1v) is 6.22. The zero-order chi connectivity index (χ0) is 10.8. The molecule has 0 spiro atoms. The predicted octanol–water partition coefficient (Wildman–Crippen LogP) is 1.39. The first-order chi connectivity index (χ1) is 7.22. The number of nitrogens with zero attached hydrogens (tertiary/aromatic N) is 1. The van der Waals surface area contributed by atoms with E-state index < -0.39 is 0 Å². The standard InChI is InChI=1S/C12H22N2O/c1-3-9-6-7-13-11(8-9)12(15)14(2)10-4-5-10/h9-11,13H,3-8H2,1-2H3. The van der Waals surface area contributed by atoms with E-state index >= 15 is 0 Å². The fraction of sp³-hybridized carbons (Fsp3) is 0.917. The molecule has 2 aliphatic rings. The maximum Gasteiger partial charge on any atom is 0.239 e. The Hall–Kier alpha value is -0.570. The minimum absolute atomic E-state index is 0.0919. The highest BCUT2D eigenvalue weighted by Gasteiger charge is 2.34. The van der Waals surface area contributed by atoms with Gasteiger partial charge in [-0.2, -0.15) is 0 Å². The van der Waals surface area contributed by atoms with Crippen LogP contribution < -0.4 is 5.32 Å². The van der Waals surface area contributed by atoms with Crippen LogP contribution in [0.4, 0.5) is 0 Å². The second-order valence-corrected chi connectivity index (χ2v) is 4.99. The quantitative estimate of drug-likeness (QED) is 0.763. The van der Waals surface area contributed by atoms with Crippen LogP contribution in [0, 0.1) is 5.92 Å². The molecule has 2 rings (SSSR count). The Balaban J connectivity index is 1.88. The number of piperidine rings is 1. The van der Waals surface area contributed by atoms with E-state index in [2.05, 4.69) is 12.2 Å². The lowest BCUT2D eigenvalue weighted by Crippen LogP contribution is -2.49. The number of carbonyl (C=O) groups excluding carboxylic acids is 1. The summed E-state index contributed by atoms with van der Waals surface area (Å²) in [6, 6.07) is 0.635. The van der Waals surface area contributed by atoms with Crippen LogP contribution in [0.1, 0.15) is 39.0 Å². The van der Waals surface area contributed by atoms with E-state index in [1.54, 1.807) is 0 Å². The van der Waals surface area contributed by atoms with Crippen LogP contribution in [0.2, 0.25) is 0 Å². The highest BCUT2D eigenvalue weighted by Crippen LogP contribution is 2.27. The molecule has 0 bridgehead atoms. The van der Waals surface area contributed by atoms with Crippen molar-refractivity contribution in [1.29, 1.82) is 0 Å². The highest BCUT2D eigenvalue weighted by molar-refractivity contribution is 5.82. The van der Waals surface area contributed by atoms with E-state index in [0.29, 0.717) is 11.9 Å². The van der Waals surface area contributed by atoms with E-state index in [1.807, 2.05) is 11.9 Å². The molecule has 1 saturated carbocycles. The van der Waals surface area contributed by atoms with Crippen molar-refractivity contribution in [1.82, 2.24) is 10.2 Å². The Morgan fingerprint density at radius 3 is 2.73 bits per heavy atom. The van der Waals surface area contributed by atoms with Crippen LogP contribution in [0.15, 0.2) is 0 Å². The van der Waals surface area contributed by atoms with Crippen molar-refractivity contribution in [2.75, 3.05) is 13.6 Å². The van der Waals surface area contributed by atoms with E-state index in [-0.39, 0.29) is 6.04 Å². The number of likely N-dealkylation sites (N-methyl/N-ethyl adjacent to an activating group) is 1. The zero-order valence-corrected chi connectivity index (χ0v) is 9.83. The fourth-order valence-corrected chi connectivity index (χ4v) is 2.44. The highest BCUT2D eigenvalue weighted by atomic mass is 16.2. The summed E-state index contributed by atoms with van der Waals surface area (Å²) in [6.45, 7) is 3.23. The largest absolute Gasteiger partial charge is 0.341 e. The molecule has 0 aromatic rings. The van der Waals surface area contributed by atoms with Crippen molar-refractivity contribution >= 4 is 5.91 Å². The summed E-state index contributed by atoms with van der Waals surface area (Å²) in [7, 11) is 1.96. The number of nitrogens with one attached hydrogen (secondary N) is 1. The Labute approximate surface area is 92.2 Å². The predicted molar refractivity (Wildman–Crippen MR) is 60.6 cm³/mol. The molecule has 1 heterocycles. The monoisotopic (exact) mass is 210 g/mol. The molecular formula is C12H22N2O. The smallest absolute Gasteiger partial charge is 0.239 e. The topological polar surface area (TPSA) is 32.3 Å². The molecule has 1 aliphatic carbocycles.